The van der Waals surface area contributed by atoms with Gasteiger partial charge in [0, 0.05) is 12.9 Å². The molecule has 0 radical (unpaired) electrons. The Kier molecular flexibility index (Phi) is 3.69. The first kappa shape index (κ1) is 7.82. The molecular weight excluding hydrogens is 124 g/mol. The molecule has 0 amide bonds. The second-order valence-corrected chi connectivity index (χ2v) is 1.90. The van der Waals surface area contributed by atoms with Crippen LogP contribution in [0.4, 0.5) is 0 Å². The van der Waals surface area contributed by atoms with E-state index in [9.17, 15) is 4.79 Å². The van der Waals surface area contributed by atoms with Crippen LogP contribution >= 0.6 is 12.9 Å². The van der Waals surface area contributed by atoms with E-state index in [2.05, 4.69) is 17.1 Å². The Bertz CT molecular complexity index is 82.5. The monoisotopic (exact) mass is 134 g/mol. The highest BCUT2D eigenvalue weighted by Crippen LogP contribution is 2.03. The minimum absolute atomic E-state index is 0.0208. The van der Waals surface area contributed by atoms with Gasteiger partial charge in [0.1, 0.15) is 0 Å². The molecule has 2 nitrogen and oxygen atoms in total. The third-order valence-corrected chi connectivity index (χ3v) is 1.28. The van der Waals surface area contributed by atoms with Crippen LogP contribution in [-0.2, 0) is 8.98 Å². The quantitative estimate of drug-likeness (QED) is 0.456. The number of carbonyl (C=O) groups excluding carboxylic acids is 1. The van der Waals surface area contributed by atoms with Crippen molar-refractivity contribution >= 4 is 18.9 Å². The summed E-state index contributed by atoms with van der Waals surface area (Å²) in [6.07, 6.45) is 0.805. The van der Waals surface area contributed by atoms with Crippen LogP contribution in [0, 0.1) is 5.92 Å². The molecule has 0 saturated carbocycles. The molecular formula is C5H10O2S. The molecule has 0 bridgehead atoms. The van der Waals surface area contributed by atoms with Crippen molar-refractivity contribution in [2.24, 2.45) is 5.92 Å². The Morgan fingerprint density at radius 3 is 2.50 bits per heavy atom. The van der Waals surface area contributed by atoms with E-state index in [4.69, 9.17) is 0 Å². The fraction of sp³-hybridized carbons (Fsp3) is 0.800. The van der Waals surface area contributed by atoms with Crippen molar-refractivity contribution in [3.8, 4) is 0 Å². The van der Waals surface area contributed by atoms with Crippen LogP contribution < -0.4 is 0 Å². The molecule has 0 aliphatic heterocycles. The van der Waals surface area contributed by atoms with E-state index in [-0.39, 0.29) is 11.9 Å². The predicted molar refractivity (Wildman–Crippen MR) is 34.5 cm³/mol. The second kappa shape index (κ2) is 3.78. The summed E-state index contributed by atoms with van der Waals surface area (Å²) in [4.78, 5) is 10.4. The van der Waals surface area contributed by atoms with Crippen LogP contribution in [0.5, 0.6) is 0 Å². The average molecular weight is 134 g/mol. The molecule has 0 saturated heterocycles. The zero-order valence-electron chi connectivity index (χ0n) is 5.05. The summed E-state index contributed by atoms with van der Waals surface area (Å²) in [7, 11) is 0. The topological polar surface area (TPSA) is 26.3 Å². The summed E-state index contributed by atoms with van der Waals surface area (Å²) in [6, 6.07) is 0. The van der Waals surface area contributed by atoms with Gasteiger partial charge in [-0.2, -0.15) is 0 Å². The maximum atomic E-state index is 10.4. The van der Waals surface area contributed by atoms with E-state index < -0.39 is 0 Å². The molecule has 0 heterocycles. The van der Waals surface area contributed by atoms with E-state index in [0.717, 1.165) is 6.42 Å². The maximum absolute atomic E-state index is 10.4. The Hall–Kier alpha value is -0.180. The Morgan fingerprint density at radius 1 is 1.88 bits per heavy atom. The molecule has 1 unspecified atom stereocenters. The predicted octanol–water partition coefficient (Wildman–Crippen LogP) is 1.42. The highest BCUT2D eigenvalue weighted by atomic mass is 32.1. The first-order valence-electron chi connectivity index (χ1n) is 2.57. The van der Waals surface area contributed by atoms with Gasteiger partial charge in [-0.1, -0.05) is 13.8 Å². The van der Waals surface area contributed by atoms with Crippen LogP contribution in [0.3, 0.4) is 0 Å². The molecule has 0 aliphatic rings. The van der Waals surface area contributed by atoms with E-state index in [1.54, 1.807) is 6.92 Å². The van der Waals surface area contributed by atoms with Crippen molar-refractivity contribution in [2.45, 2.75) is 20.3 Å². The lowest BCUT2D eigenvalue weighted by molar-refractivity contribution is -0.136. The highest BCUT2D eigenvalue weighted by molar-refractivity contribution is 7.75. The molecule has 0 fully saturated rings. The molecule has 0 spiro atoms. The van der Waals surface area contributed by atoms with E-state index in [1.165, 1.54) is 0 Å². The number of thiol groups is 1. The van der Waals surface area contributed by atoms with E-state index in [1.807, 2.05) is 6.92 Å². The first-order valence-corrected chi connectivity index (χ1v) is 2.94. The van der Waals surface area contributed by atoms with Crippen molar-refractivity contribution in [3.05, 3.63) is 0 Å². The molecule has 1 atom stereocenters. The van der Waals surface area contributed by atoms with Crippen molar-refractivity contribution in [1.29, 1.82) is 0 Å². The summed E-state index contributed by atoms with van der Waals surface area (Å²) < 4.78 is 4.16. The normalized spacial score (nSPS) is 12.9. The third kappa shape index (κ3) is 2.21. The molecule has 0 aromatic heterocycles. The summed E-state index contributed by atoms with van der Waals surface area (Å²) in [5.41, 5.74) is 0. The SMILES string of the molecule is CCC(C)C(=O)OS. The minimum Gasteiger partial charge on any atom is -0.394 e. The average Bonchev–Trinajstić information content (AvgIpc) is 1.84. The van der Waals surface area contributed by atoms with Gasteiger partial charge in [0.05, 0.1) is 5.92 Å². The molecule has 0 aliphatic carbocycles. The van der Waals surface area contributed by atoms with Gasteiger partial charge in [-0.05, 0) is 6.42 Å². The molecule has 0 rings (SSSR count). The van der Waals surface area contributed by atoms with Crippen LogP contribution in [-0.4, -0.2) is 5.97 Å². The summed E-state index contributed by atoms with van der Waals surface area (Å²) in [5, 5.41) is 0. The summed E-state index contributed by atoms with van der Waals surface area (Å²) >= 11 is 3.36. The van der Waals surface area contributed by atoms with E-state index >= 15 is 0 Å². The molecule has 0 N–H and O–H groups in total. The van der Waals surface area contributed by atoms with Gasteiger partial charge in [-0.15, -0.1) is 0 Å². The van der Waals surface area contributed by atoms with Crippen molar-refractivity contribution in [1.82, 2.24) is 0 Å². The number of hydrogen-bond donors (Lipinski definition) is 1. The molecule has 8 heavy (non-hydrogen) atoms. The smallest absolute Gasteiger partial charge is 0.320 e. The molecule has 0 aromatic carbocycles. The lowest BCUT2D eigenvalue weighted by atomic mass is 10.1. The summed E-state index contributed by atoms with van der Waals surface area (Å²) in [6.45, 7) is 3.73. The largest absolute Gasteiger partial charge is 0.394 e. The van der Waals surface area contributed by atoms with Crippen molar-refractivity contribution in [3.63, 3.8) is 0 Å². The number of rotatable bonds is 2. The van der Waals surface area contributed by atoms with Gasteiger partial charge < -0.3 is 4.18 Å². The van der Waals surface area contributed by atoms with Gasteiger partial charge in [-0.25, -0.2) is 0 Å². The van der Waals surface area contributed by atoms with Gasteiger partial charge in [0.2, 0.25) is 0 Å². The fourth-order valence-corrected chi connectivity index (χ4v) is 0.437. The molecule has 48 valence electrons. The lowest BCUT2D eigenvalue weighted by Crippen LogP contribution is -2.08. The van der Waals surface area contributed by atoms with Crippen LogP contribution in [0.25, 0.3) is 0 Å². The fourth-order valence-electron chi connectivity index (χ4n) is 0.257. The molecule has 3 heteroatoms. The lowest BCUT2D eigenvalue weighted by Gasteiger charge is -2.01. The maximum Gasteiger partial charge on any atom is 0.320 e. The van der Waals surface area contributed by atoms with Crippen molar-refractivity contribution < 1.29 is 8.98 Å². The van der Waals surface area contributed by atoms with Gasteiger partial charge in [0.15, 0.2) is 0 Å². The molecule has 0 aromatic rings. The minimum atomic E-state index is -0.254. The van der Waals surface area contributed by atoms with Gasteiger partial charge in [-0.3, -0.25) is 4.79 Å². The standard InChI is InChI=1S/C5H10O2S/c1-3-4(2)5(6)7-8/h4,8H,3H2,1-2H3. The first-order chi connectivity index (χ1) is 3.72. The van der Waals surface area contributed by atoms with E-state index in [0.29, 0.717) is 0 Å². The second-order valence-electron chi connectivity index (χ2n) is 1.72. The van der Waals surface area contributed by atoms with Crippen molar-refractivity contribution in [2.75, 3.05) is 0 Å². The zero-order valence-corrected chi connectivity index (χ0v) is 5.94. The number of hydrogen-bond acceptors (Lipinski definition) is 3. The van der Waals surface area contributed by atoms with Crippen LogP contribution in [0.15, 0.2) is 0 Å². The summed E-state index contributed by atoms with van der Waals surface area (Å²) in [5.74, 6) is -0.275. The zero-order chi connectivity index (χ0) is 6.57. The van der Waals surface area contributed by atoms with Crippen LogP contribution in [0.1, 0.15) is 20.3 Å². The Balaban J connectivity index is 3.46. The highest BCUT2D eigenvalue weighted by Gasteiger charge is 2.09. The van der Waals surface area contributed by atoms with Crippen LogP contribution in [0.2, 0.25) is 0 Å². The third-order valence-electron chi connectivity index (χ3n) is 1.10. The van der Waals surface area contributed by atoms with Gasteiger partial charge >= 0.3 is 5.97 Å². The number of carbonyl (C=O) groups is 1. The van der Waals surface area contributed by atoms with Gasteiger partial charge in [0.25, 0.3) is 0 Å². The Labute approximate surface area is 54.8 Å². The Morgan fingerprint density at radius 2 is 2.38 bits per heavy atom.